The van der Waals surface area contributed by atoms with E-state index in [2.05, 4.69) is 6.92 Å². The lowest BCUT2D eigenvalue weighted by molar-refractivity contribution is 0.195. The van der Waals surface area contributed by atoms with Gasteiger partial charge in [-0.05, 0) is 55.7 Å². The number of halogens is 1. The second kappa shape index (κ2) is 6.06. The van der Waals surface area contributed by atoms with Crippen molar-refractivity contribution in [1.82, 2.24) is 0 Å². The number of benzene rings is 2. The maximum absolute atomic E-state index is 13.6. The molecule has 1 atom stereocenters. The molecule has 106 valence electrons. The third-order valence-corrected chi connectivity index (χ3v) is 3.28. The first-order chi connectivity index (χ1) is 9.51. The van der Waals surface area contributed by atoms with Crippen LogP contribution in [-0.2, 0) is 6.42 Å². The summed E-state index contributed by atoms with van der Waals surface area (Å²) >= 11 is 0. The standard InChI is InChI=1S/C17H19FO2/c1-4-13-6-5-7-14(9-13)20-17-8-11(2)16(18)10-15(17)12(3)19/h5-10,12,19H,4H2,1-3H3/t12-/m0/s1. The molecule has 0 bridgehead atoms. The smallest absolute Gasteiger partial charge is 0.133 e. The van der Waals surface area contributed by atoms with Crippen molar-refractivity contribution in [3.05, 3.63) is 58.9 Å². The minimum absolute atomic E-state index is 0.337. The van der Waals surface area contributed by atoms with Crippen molar-refractivity contribution in [2.75, 3.05) is 0 Å². The van der Waals surface area contributed by atoms with Crippen LogP contribution in [0.4, 0.5) is 4.39 Å². The molecule has 2 rings (SSSR count). The molecule has 2 aromatic carbocycles. The van der Waals surface area contributed by atoms with Crippen molar-refractivity contribution in [1.29, 1.82) is 0 Å². The molecular weight excluding hydrogens is 255 g/mol. The van der Waals surface area contributed by atoms with Gasteiger partial charge in [-0.3, -0.25) is 0 Å². The van der Waals surface area contributed by atoms with Crippen LogP contribution >= 0.6 is 0 Å². The molecule has 0 unspecified atom stereocenters. The lowest BCUT2D eigenvalue weighted by Crippen LogP contribution is -1.99. The van der Waals surface area contributed by atoms with E-state index in [0.29, 0.717) is 22.6 Å². The fourth-order valence-corrected chi connectivity index (χ4v) is 2.04. The van der Waals surface area contributed by atoms with Crippen LogP contribution in [-0.4, -0.2) is 5.11 Å². The Balaban J connectivity index is 2.39. The molecule has 0 heterocycles. The topological polar surface area (TPSA) is 29.5 Å². The second-order valence-electron chi connectivity index (χ2n) is 4.92. The zero-order chi connectivity index (χ0) is 14.7. The molecule has 0 aliphatic carbocycles. The summed E-state index contributed by atoms with van der Waals surface area (Å²) in [5, 5.41) is 9.75. The molecule has 2 aromatic rings. The third-order valence-electron chi connectivity index (χ3n) is 3.28. The average molecular weight is 274 g/mol. The summed E-state index contributed by atoms with van der Waals surface area (Å²) in [6, 6.07) is 10.7. The monoisotopic (exact) mass is 274 g/mol. The van der Waals surface area contributed by atoms with E-state index in [0.717, 1.165) is 6.42 Å². The molecule has 3 heteroatoms. The molecule has 0 spiro atoms. The Morgan fingerprint density at radius 1 is 1.25 bits per heavy atom. The molecule has 0 fully saturated rings. The normalized spacial score (nSPS) is 12.2. The van der Waals surface area contributed by atoms with Gasteiger partial charge in [-0.1, -0.05) is 19.1 Å². The van der Waals surface area contributed by atoms with Crippen LogP contribution < -0.4 is 4.74 Å². The van der Waals surface area contributed by atoms with E-state index in [4.69, 9.17) is 4.74 Å². The van der Waals surface area contributed by atoms with Crippen molar-refractivity contribution in [3.8, 4) is 11.5 Å². The van der Waals surface area contributed by atoms with E-state index in [-0.39, 0.29) is 5.82 Å². The Kier molecular flexibility index (Phi) is 4.40. The van der Waals surface area contributed by atoms with Gasteiger partial charge in [0.1, 0.15) is 17.3 Å². The molecule has 0 radical (unpaired) electrons. The first kappa shape index (κ1) is 14.5. The number of aryl methyl sites for hydroxylation is 2. The molecule has 0 aromatic heterocycles. The van der Waals surface area contributed by atoms with Crippen LogP contribution in [0.15, 0.2) is 36.4 Å². The first-order valence-electron chi connectivity index (χ1n) is 6.76. The van der Waals surface area contributed by atoms with Crippen molar-refractivity contribution in [2.45, 2.75) is 33.3 Å². The van der Waals surface area contributed by atoms with Gasteiger partial charge in [-0.25, -0.2) is 4.39 Å². The Labute approximate surface area is 118 Å². The zero-order valence-corrected chi connectivity index (χ0v) is 12.0. The fourth-order valence-electron chi connectivity index (χ4n) is 2.04. The van der Waals surface area contributed by atoms with E-state index < -0.39 is 6.10 Å². The van der Waals surface area contributed by atoms with Crippen LogP contribution in [0.5, 0.6) is 11.5 Å². The highest BCUT2D eigenvalue weighted by molar-refractivity contribution is 5.43. The lowest BCUT2D eigenvalue weighted by atomic mass is 10.1. The van der Waals surface area contributed by atoms with Gasteiger partial charge in [0.05, 0.1) is 6.10 Å². The number of hydrogen-bond acceptors (Lipinski definition) is 2. The van der Waals surface area contributed by atoms with E-state index in [1.807, 2.05) is 24.3 Å². The largest absolute Gasteiger partial charge is 0.457 e. The summed E-state index contributed by atoms with van der Waals surface area (Å²) in [4.78, 5) is 0. The highest BCUT2D eigenvalue weighted by Crippen LogP contribution is 2.32. The fraction of sp³-hybridized carbons (Fsp3) is 0.294. The molecule has 0 saturated carbocycles. The van der Waals surface area contributed by atoms with E-state index in [1.54, 1.807) is 19.9 Å². The Hall–Kier alpha value is -1.87. The van der Waals surface area contributed by atoms with E-state index in [9.17, 15) is 9.50 Å². The van der Waals surface area contributed by atoms with Gasteiger partial charge in [-0.15, -0.1) is 0 Å². The molecule has 1 N–H and O–H groups in total. The Morgan fingerprint density at radius 2 is 2.00 bits per heavy atom. The SMILES string of the molecule is CCc1cccc(Oc2cc(C)c(F)cc2[C@H](C)O)c1. The zero-order valence-electron chi connectivity index (χ0n) is 12.0. The predicted octanol–water partition coefficient (Wildman–Crippen LogP) is 4.54. The third kappa shape index (κ3) is 3.17. The quantitative estimate of drug-likeness (QED) is 0.886. The average Bonchev–Trinajstić information content (AvgIpc) is 2.42. The van der Waals surface area contributed by atoms with Crippen molar-refractivity contribution < 1.29 is 14.2 Å². The molecule has 0 amide bonds. The first-order valence-corrected chi connectivity index (χ1v) is 6.76. The van der Waals surface area contributed by atoms with Crippen LogP contribution in [0.3, 0.4) is 0 Å². The maximum Gasteiger partial charge on any atom is 0.133 e. The lowest BCUT2D eigenvalue weighted by Gasteiger charge is -2.15. The van der Waals surface area contributed by atoms with Crippen molar-refractivity contribution >= 4 is 0 Å². The highest BCUT2D eigenvalue weighted by Gasteiger charge is 2.13. The number of rotatable bonds is 4. The van der Waals surface area contributed by atoms with Gasteiger partial charge in [0.15, 0.2) is 0 Å². The number of aliphatic hydroxyl groups is 1. The highest BCUT2D eigenvalue weighted by atomic mass is 19.1. The van der Waals surface area contributed by atoms with E-state index >= 15 is 0 Å². The van der Waals surface area contributed by atoms with Crippen LogP contribution in [0.1, 0.15) is 36.6 Å². The summed E-state index contributed by atoms with van der Waals surface area (Å²) in [5.74, 6) is 0.847. The summed E-state index contributed by atoms with van der Waals surface area (Å²) in [6.07, 6.45) is 0.137. The van der Waals surface area contributed by atoms with Crippen molar-refractivity contribution in [2.24, 2.45) is 0 Å². The predicted molar refractivity (Wildman–Crippen MR) is 77.7 cm³/mol. The van der Waals surface area contributed by atoms with Gasteiger partial charge in [0.25, 0.3) is 0 Å². The summed E-state index contributed by atoms with van der Waals surface area (Å²) in [5.41, 5.74) is 2.12. The molecule has 2 nitrogen and oxygen atoms in total. The molecule has 0 aliphatic rings. The summed E-state index contributed by atoms with van der Waals surface area (Å²) in [7, 11) is 0. The Bertz CT molecular complexity index is 606. The van der Waals surface area contributed by atoms with Crippen LogP contribution in [0, 0.1) is 12.7 Å². The van der Waals surface area contributed by atoms with Crippen LogP contribution in [0.2, 0.25) is 0 Å². The number of ether oxygens (including phenoxy) is 1. The van der Waals surface area contributed by atoms with Crippen molar-refractivity contribution in [3.63, 3.8) is 0 Å². The second-order valence-corrected chi connectivity index (χ2v) is 4.92. The van der Waals surface area contributed by atoms with Gasteiger partial charge < -0.3 is 9.84 Å². The summed E-state index contributed by atoms with van der Waals surface area (Å²) in [6.45, 7) is 5.35. The minimum atomic E-state index is -0.783. The molecule has 0 saturated heterocycles. The minimum Gasteiger partial charge on any atom is -0.457 e. The van der Waals surface area contributed by atoms with Crippen LogP contribution in [0.25, 0.3) is 0 Å². The number of aliphatic hydroxyl groups excluding tert-OH is 1. The molecule has 0 aliphatic heterocycles. The van der Waals surface area contributed by atoms with E-state index in [1.165, 1.54) is 11.6 Å². The summed E-state index contributed by atoms with van der Waals surface area (Å²) < 4.78 is 19.4. The molecule has 20 heavy (non-hydrogen) atoms. The molecular formula is C17H19FO2. The Morgan fingerprint density at radius 3 is 2.65 bits per heavy atom. The number of hydrogen-bond donors (Lipinski definition) is 1. The van der Waals surface area contributed by atoms with Gasteiger partial charge in [0, 0.05) is 5.56 Å². The van der Waals surface area contributed by atoms with Gasteiger partial charge in [-0.2, -0.15) is 0 Å². The maximum atomic E-state index is 13.6. The van der Waals surface area contributed by atoms with Gasteiger partial charge in [0.2, 0.25) is 0 Å². The van der Waals surface area contributed by atoms with Gasteiger partial charge >= 0.3 is 0 Å².